The first-order chi connectivity index (χ1) is 26.9. The highest BCUT2D eigenvalue weighted by molar-refractivity contribution is 6.05. The van der Waals surface area contributed by atoms with Crippen LogP contribution in [0.25, 0.3) is 11.1 Å². The number of hydrogen-bond acceptors (Lipinski definition) is 8. The van der Waals surface area contributed by atoms with Crippen molar-refractivity contribution in [1.29, 1.82) is 0 Å². The molecule has 4 aromatic rings. The maximum Gasteiger partial charge on any atom is 0.255 e. The third-order valence-corrected chi connectivity index (χ3v) is 9.80. The van der Waals surface area contributed by atoms with Gasteiger partial charge in [0, 0.05) is 51.4 Å². The molecule has 0 bridgehead atoms. The Kier molecular flexibility index (Phi) is 14.1. The van der Waals surface area contributed by atoms with E-state index in [1.54, 1.807) is 24.3 Å². The van der Waals surface area contributed by atoms with Gasteiger partial charge >= 0.3 is 0 Å². The molecule has 0 saturated carbocycles. The second kappa shape index (κ2) is 19.8. The van der Waals surface area contributed by atoms with E-state index in [0.29, 0.717) is 63.9 Å². The molecule has 1 unspecified atom stereocenters. The molecule has 1 fully saturated rings. The van der Waals surface area contributed by atoms with E-state index in [2.05, 4.69) is 48.6 Å². The van der Waals surface area contributed by atoms with E-state index < -0.39 is 11.9 Å². The van der Waals surface area contributed by atoms with Crippen molar-refractivity contribution in [3.8, 4) is 17.2 Å². The van der Waals surface area contributed by atoms with Crippen molar-refractivity contribution >= 4 is 28.9 Å². The molecule has 288 valence electrons. The van der Waals surface area contributed by atoms with Crippen LogP contribution in [0.4, 0.5) is 0 Å². The number of ether oxygens (including phenoxy) is 4. The lowest BCUT2D eigenvalue weighted by molar-refractivity contribution is -0.136. The Hall–Kier alpha value is -5.45. The second-order valence-corrected chi connectivity index (χ2v) is 13.7. The summed E-state index contributed by atoms with van der Waals surface area (Å²) in [5, 5.41) is 12.2. The first-order valence-corrected chi connectivity index (χ1v) is 19.3. The maximum atomic E-state index is 12.9. The van der Waals surface area contributed by atoms with E-state index in [0.717, 1.165) is 60.1 Å². The molecule has 6 rings (SSSR count). The number of hydrogen-bond donors (Lipinski definition) is 2. The zero-order valence-corrected chi connectivity index (χ0v) is 31.5. The summed E-state index contributed by atoms with van der Waals surface area (Å²) in [5.41, 5.74) is 7.12. The number of benzene rings is 4. The minimum atomic E-state index is -0.628. The van der Waals surface area contributed by atoms with E-state index in [1.807, 2.05) is 36.4 Å². The molecule has 10 heteroatoms. The van der Waals surface area contributed by atoms with Gasteiger partial charge in [0.05, 0.1) is 13.2 Å². The third kappa shape index (κ3) is 10.6. The number of nitrogens with one attached hydrogen (secondary N) is 1. The standard InChI is InChI=1S/C45H50N2O8/c1-2-39(32-10-4-3-5-11-32)43(33-12-16-36(48)17-13-33)34-14-18-37(19-15-34)54-28-7-6-24-52-25-8-26-53-27-9-29-55-38-20-21-40-35(30-38)31-47(45(40)51)41-22-23-42(49)46-44(41)50/h3-5,10-21,30,41,48H,2,6-9,22-29,31H2,1H3,(H,46,49,50). The molecule has 0 aromatic heterocycles. The van der Waals surface area contributed by atoms with Crippen LogP contribution in [0.5, 0.6) is 17.2 Å². The number of nitrogens with zero attached hydrogens (tertiary/aromatic N) is 1. The zero-order valence-electron chi connectivity index (χ0n) is 31.5. The molecule has 1 atom stereocenters. The molecule has 2 aliphatic rings. The van der Waals surface area contributed by atoms with E-state index in [9.17, 15) is 19.5 Å². The molecular weight excluding hydrogens is 697 g/mol. The number of piperidine rings is 1. The fourth-order valence-electron chi connectivity index (χ4n) is 6.98. The Morgan fingerprint density at radius 3 is 2.00 bits per heavy atom. The normalized spacial score (nSPS) is 15.8. The number of carbonyl (C=O) groups is 3. The maximum absolute atomic E-state index is 12.9. The van der Waals surface area contributed by atoms with Gasteiger partial charge in [0.2, 0.25) is 11.8 Å². The van der Waals surface area contributed by atoms with E-state index >= 15 is 0 Å². The number of imide groups is 1. The lowest BCUT2D eigenvalue weighted by Crippen LogP contribution is -2.52. The van der Waals surface area contributed by atoms with Crippen LogP contribution in [0, 0.1) is 0 Å². The van der Waals surface area contributed by atoms with Crippen LogP contribution >= 0.6 is 0 Å². The van der Waals surface area contributed by atoms with Crippen molar-refractivity contribution in [3.63, 3.8) is 0 Å². The van der Waals surface area contributed by atoms with Crippen molar-refractivity contribution in [1.82, 2.24) is 10.2 Å². The van der Waals surface area contributed by atoms with Crippen LogP contribution in [-0.2, 0) is 25.6 Å². The molecular formula is C45H50N2O8. The number of phenols is 1. The number of phenolic OH excluding ortho intramolecular Hbond substituents is 1. The Balaban J connectivity index is 0.818. The van der Waals surface area contributed by atoms with Crippen LogP contribution in [-0.4, -0.2) is 73.4 Å². The summed E-state index contributed by atoms with van der Waals surface area (Å²) < 4.78 is 23.5. The van der Waals surface area contributed by atoms with Gasteiger partial charge < -0.3 is 29.0 Å². The SMILES string of the molecule is CCC(=C(c1ccc(O)cc1)c1ccc(OCCCCOCCCOCCCOc2ccc3c(c2)CN(C2CCC(=O)NC2=O)C3=O)cc1)c1ccccc1. The molecule has 4 aromatic carbocycles. The number of amides is 3. The minimum Gasteiger partial charge on any atom is -0.508 e. The Morgan fingerprint density at radius 1 is 0.709 bits per heavy atom. The van der Waals surface area contributed by atoms with Gasteiger partial charge in [-0.1, -0.05) is 61.5 Å². The van der Waals surface area contributed by atoms with Crippen LogP contribution in [0.1, 0.15) is 84.5 Å². The van der Waals surface area contributed by atoms with Crippen molar-refractivity contribution in [2.75, 3.05) is 39.6 Å². The fourth-order valence-corrected chi connectivity index (χ4v) is 6.98. The fraction of sp³-hybridized carbons (Fsp3) is 0.356. The Morgan fingerprint density at radius 2 is 1.31 bits per heavy atom. The lowest BCUT2D eigenvalue weighted by Gasteiger charge is -2.29. The van der Waals surface area contributed by atoms with Gasteiger partial charge in [-0.15, -0.1) is 0 Å². The highest BCUT2D eigenvalue weighted by Gasteiger charge is 2.39. The largest absolute Gasteiger partial charge is 0.508 e. The van der Waals surface area contributed by atoms with Crippen molar-refractivity contribution in [2.24, 2.45) is 0 Å². The Labute approximate surface area is 323 Å². The highest BCUT2D eigenvalue weighted by Crippen LogP contribution is 2.36. The number of aromatic hydroxyl groups is 1. The van der Waals surface area contributed by atoms with Gasteiger partial charge in [-0.05, 0) is 108 Å². The molecule has 55 heavy (non-hydrogen) atoms. The van der Waals surface area contributed by atoms with Crippen molar-refractivity contribution < 1.29 is 38.4 Å². The average Bonchev–Trinajstić information content (AvgIpc) is 3.52. The number of allylic oxidation sites excluding steroid dienone is 1. The number of rotatable bonds is 20. The van der Waals surface area contributed by atoms with Gasteiger partial charge in [-0.25, -0.2) is 0 Å². The van der Waals surface area contributed by atoms with E-state index in [4.69, 9.17) is 18.9 Å². The highest BCUT2D eigenvalue weighted by atomic mass is 16.5. The summed E-state index contributed by atoms with van der Waals surface area (Å²) in [7, 11) is 0. The zero-order chi connectivity index (χ0) is 38.4. The van der Waals surface area contributed by atoms with Gasteiger partial charge in [-0.2, -0.15) is 0 Å². The summed E-state index contributed by atoms with van der Waals surface area (Å²) in [5.74, 6) is 0.845. The molecule has 2 aliphatic heterocycles. The quantitative estimate of drug-likeness (QED) is 0.0540. The first-order valence-electron chi connectivity index (χ1n) is 19.3. The van der Waals surface area contributed by atoms with Crippen molar-refractivity contribution in [3.05, 3.63) is 125 Å². The van der Waals surface area contributed by atoms with E-state index in [1.165, 1.54) is 16.0 Å². The second-order valence-electron chi connectivity index (χ2n) is 13.7. The van der Waals surface area contributed by atoms with Crippen LogP contribution in [0.15, 0.2) is 97.1 Å². The van der Waals surface area contributed by atoms with E-state index in [-0.39, 0.29) is 24.0 Å². The predicted octanol–water partition coefficient (Wildman–Crippen LogP) is 7.57. The lowest BCUT2D eigenvalue weighted by atomic mass is 9.88. The number of carbonyl (C=O) groups excluding carboxylic acids is 3. The van der Waals surface area contributed by atoms with Crippen LogP contribution < -0.4 is 14.8 Å². The average molecular weight is 747 g/mol. The van der Waals surface area contributed by atoms with Gasteiger partial charge in [-0.3, -0.25) is 19.7 Å². The van der Waals surface area contributed by atoms with Crippen molar-refractivity contribution in [2.45, 2.75) is 64.5 Å². The molecule has 2 heterocycles. The van der Waals surface area contributed by atoms with Crippen LogP contribution in [0.2, 0.25) is 0 Å². The predicted molar refractivity (Wildman–Crippen MR) is 211 cm³/mol. The smallest absolute Gasteiger partial charge is 0.255 e. The molecule has 0 aliphatic carbocycles. The summed E-state index contributed by atoms with van der Waals surface area (Å²) in [6, 6.07) is 30.8. The summed E-state index contributed by atoms with van der Waals surface area (Å²) in [4.78, 5) is 38.2. The molecule has 0 spiro atoms. The topological polar surface area (TPSA) is 124 Å². The molecule has 3 amide bonds. The first kappa shape index (κ1) is 39.2. The minimum absolute atomic E-state index is 0.194. The third-order valence-electron chi connectivity index (χ3n) is 9.80. The van der Waals surface area contributed by atoms with Gasteiger partial charge in [0.1, 0.15) is 23.3 Å². The summed E-state index contributed by atoms with van der Waals surface area (Å²) in [6.07, 6.45) is 4.78. The summed E-state index contributed by atoms with van der Waals surface area (Å²) in [6.45, 7) is 6.10. The number of unbranched alkanes of at least 4 members (excludes halogenated alkanes) is 1. The number of fused-ring (bicyclic) bond motifs is 1. The molecule has 1 saturated heterocycles. The summed E-state index contributed by atoms with van der Waals surface area (Å²) >= 11 is 0. The Bertz CT molecular complexity index is 1920. The molecule has 0 radical (unpaired) electrons. The molecule has 2 N–H and O–H groups in total. The molecule has 10 nitrogen and oxygen atoms in total. The van der Waals surface area contributed by atoms with Gasteiger partial charge in [0.25, 0.3) is 5.91 Å². The van der Waals surface area contributed by atoms with Crippen LogP contribution in [0.3, 0.4) is 0 Å². The van der Waals surface area contributed by atoms with Gasteiger partial charge in [0.15, 0.2) is 0 Å². The monoisotopic (exact) mass is 746 g/mol.